The van der Waals surface area contributed by atoms with Crippen LogP contribution in [0, 0.1) is 0 Å². The molecule has 8 heteroatoms. The van der Waals surface area contributed by atoms with E-state index in [0.717, 1.165) is 0 Å². The minimum absolute atomic E-state index is 0.181. The standard InChI is InChI=1S/C8H4F3N3O2/c9-8(10,11)7(15)16-14-6-4-12-2-1-5(6)3-13-14/h1-4H. The number of carbonyl (C=O) groups is 1. The second kappa shape index (κ2) is 3.47. The van der Waals surface area contributed by atoms with Gasteiger partial charge in [0.2, 0.25) is 0 Å². The van der Waals surface area contributed by atoms with E-state index in [2.05, 4.69) is 14.9 Å². The monoisotopic (exact) mass is 231 g/mol. The van der Waals surface area contributed by atoms with E-state index in [-0.39, 0.29) is 5.52 Å². The number of hydrogen-bond donors (Lipinski definition) is 0. The molecule has 0 bridgehead atoms. The highest BCUT2D eigenvalue weighted by Gasteiger charge is 2.42. The molecule has 0 spiro atoms. The first-order valence-electron chi connectivity index (χ1n) is 4.06. The molecule has 2 heterocycles. The Hall–Kier alpha value is -2.12. The van der Waals surface area contributed by atoms with Gasteiger partial charge in [-0.3, -0.25) is 4.98 Å². The largest absolute Gasteiger partial charge is 0.493 e. The van der Waals surface area contributed by atoms with Crippen LogP contribution in [0.1, 0.15) is 0 Å². The Kier molecular flexibility index (Phi) is 2.26. The summed E-state index contributed by atoms with van der Waals surface area (Å²) in [5, 5.41) is 4.00. The van der Waals surface area contributed by atoms with Crippen molar-refractivity contribution in [3.05, 3.63) is 24.7 Å². The lowest BCUT2D eigenvalue weighted by atomic mass is 10.3. The maximum absolute atomic E-state index is 11.9. The van der Waals surface area contributed by atoms with Crippen LogP contribution in [0.25, 0.3) is 10.9 Å². The molecule has 0 N–H and O–H groups in total. The number of halogens is 3. The number of nitrogens with zero attached hydrogens (tertiary/aromatic N) is 3. The number of hydrogen-bond acceptors (Lipinski definition) is 4. The molecule has 0 aliphatic rings. The zero-order chi connectivity index (χ0) is 11.8. The van der Waals surface area contributed by atoms with Gasteiger partial charge in [0.1, 0.15) is 5.52 Å². The fourth-order valence-corrected chi connectivity index (χ4v) is 1.05. The van der Waals surface area contributed by atoms with Crippen molar-refractivity contribution in [2.45, 2.75) is 6.18 Å². The third-order valence-corrected chi connectivity index (χ3v) is 1.74. The summed E-state index contributed by atoms with van der Waals surface area (Å²) < 4.78 is 35.7. The second-order valence-electron chi connectivity index (χ2n) is 2.83. The van der Waals surface area contributed by atoms with Gasteiger partial charge in [-0.2, -0.15) is 13.2 Å². The molecular weight excluding hydrogens is 227 g/mol. The Labute approximate surface area is 86.4 Å². The number of carbonyl (C=O) groups excluding carboxylic acids is 1. The van der Waals surface area contributed by atoms with E-state index in [4.69, 9.17) is 0 Å². The van der Waals surface area contributed by atoms with E-state index < -0.39 is 12.1 Å². The third-order valence-electron chi connectivity index (χ3n) is 1.74. The molecule has 0 aliphatic heterocycles. The Morgan fingerprint density at radius 3 is 2.81 bits per heavy atom. The van der Waals surface area contributed by atoms with E-state index in [1.165, 1.54) is 24.7 Å². The van der Waals surface area contributed by atoms with E-state index in [1.807, 2.05) is 0 Å². The molecule has 0 unspecified atom stereocenters. The predicted molar refractivity (Wildman–Crippen MR) is 45.2 cm³/mol. The van der Waals surface area contributed by atoms with Crippen LogP contribution in [-0.2, 0) is 4.79 Å². The van der Waals surface area contributed by atoms with E-state index in [9.17, 15) is 18.0 Å². The molecule has 0 saturated heterocycles. The molecule has 0 amide bonds. The normalized spacial score (nSPS) is 11.7. The molecule has 16 heavy (non-hydrogen) atoms. The van der Waals surface area contributed by atoms with Crippen molar-refractivity contribution in [1.82, 2.24) is 14.9 Å². The molecule has 0 radical (unpaired) electrons. The lowest BCUT2D eigenvalue weighted by Crippen LogP contribution is -2.33. The Balaban J connectivity index is 2.32. The van der Waals surface area contributed by atoms with Gasteiger partial charge in [0.05, 0.1) is 12.4 Å². The van der Waals surface area contributed by atoms with Gasteiger partial charge in [0, 0.05) is 11.6 Å². The quantitative estimate of drug-likeness (QED) is 0.733. The third kappa shape index (κ3) is 1.81. The molecule has 2 rings (SSSR count). The maximum Gasteiger partial charge on any atom is 0.493 e. The minimum Gasteiger partial charge on any atom is -0.309 e. The highest BCUT2D eigenvalue weighted by Crippen LogP contribution is 2.16. The summed E-state index contributed by atoms with van der Waals surface area (Å²) in [5.74, 6) is -2.33. The van der Waals surface area contributed by atoms with Crippen molar-refractivity contribution in [2.75, 3.05) is 0 Å². The fraction of sp³-hybridized carbons (Fsp3) is 0.125. The highest BCUT2D eigenvalue weighted by atomic mass is 19.4. The van der Waals surface area contributed by atoms with Crippen LogP contribution in [0.5, 0.6) is 0 Å². The first-order valence-corrected chi connectivity index (χ1v) is 4.06. The van der Waals surface area contributed by atoms with Crippen molar-refractivity contribution in [1.29, 1.82) is 0 Å². The molecule has 0 atom stereocenters. The smallest absolute Gasteiger partial charge is 0.309 e. The number of alkyl halides is 3. The van der Waals surface area contributed by atoms with E-state index in [1.54, 1.807) is 0 Å². The van der Waals surface area contributed by atoms with Crippen LogP contribution in [0.15, 0.2) is 24.7 Å². The number of pyridine rings is 1. The first-order chi connectivity index (χ1) is 7.48. The lowest BCUT2D eigenvalue weighted by Gasteiger charge is -2.05. The van der Waals surface area contributed by atoms with Crippen LogP contribution < -0.4 is 4.84 Å². The highest BCUT2D eigenvalue weighted by molar-refractivity contribution is 5.79. The Morgan fingerprint density at radius 1 is 1.38 bits per heavy atom. The van der Waals surface area contributed by atoms with Gasteiger partial charge in [-0.25, -0.2) is 4.79 Å². The molecule has 5 nitrogen and oxygen atoms in total. The van der Waals surface area contributed by atoms with Gasteiger partial charge in [-0.05, 0) is 6.07 Å². The summed E-state index contributed by atoms with van der Waals surface area (Å²) in [5.41, 5.74) is 0.181. The number of rotatable bonds is 1. The summed E-state index contributed by atoms with van der Waals surface area (Å²) >= 11 is 0. The average Bonchev–Trinajstić information content (AvgIpc) is 2.61. The molecule has 2 aromatic rings. The summed E-state index contributed by atoms with van der Waals surface area (Å²) in [6.07, 6.45) is -1.10. The van der Waals surface area contributed by atoms with E-state index in [0.29, 0.717) is 10.2 Å². The minimum atomic E-state index is -5.06. The molecule has 0 fully saturated rings. The summed E-state index contributed by atoms with van der Waals surface area (Å²) in [4.78, 5) is 18.7. The molecule has 84 valence electrons. The van der Waals surface area contributed by atoms with Crippen molar-refractivity contribution < 1.29 is 22.8 Å². The molecule has 0 aliphatic carbocycles. The van der Waals surface area contributed by atoms with Gasteiger partial charge < -0.3 is 4.84 Å². The van der Waals surface area contributed by atoms with Crippen molar-refractivity contribution in [3.63, 3.8) is 0 Å². The fourth-order valence-electron chi connectivity index (χ4n) is 1.05. The van der Waals surface area contributed by atoms with Crippen LogP contribution in [0.2, 0.25) is 0 Å². The zero-order valence-corrected chi connectivity index (χ0v) is 7.60. The van der Waals surface area contributed by atoms with Crippen LogP contribution in [0.4, 0.5) is 13.2 Å². The summed E-state index contributed by atoms with van der Waals surface area (Å²) in [7, 11) is 0. The van der Waals surface area contributed by atoms with Crippen LogP contribution >= 0.6 is 0 Å². The SMILES string of the molecule is O=C(On1ncc2ccncc21)C(F)(F)F. The van der Waals surface area contributed by atoms with Crippen molar-refractivity contribution in [2.24, 2.45) is 0 Å². The van der Waals surface area contributed by atoms with Crippen molar-refractivity contribution in [3.8, 4) is 0 Å². The van der Waals surface area contributed by atoms with Gasteiger partial charge in [-0.15, -0.1) is 5.10 Å². The maximum atomic E-state index is 11.9. The summed E-state index contributed by atoms with van der Waals surface area (Å²) in [6.45, 7) is 0. The van der Waals surface area contributed by atoms with Gasteiger partial charge >= 0.3 is 12.1 Å². The number of fused-ring (bicyclic) bond motifs is 1. The van der Waals surface area contributed by atoms with Gasteiger partial charge in [-0.1, -0.05) is 4.85 Å². The molecular formula is C8H4F3N3O2. The van der Waals surface area contributed by atoms with Crippen LogP contribution in [0.3, 0.4) is 0 Å². The van der Waals surface area contributed by atoms with Gasteiger partial charge in [0.15, 0.2) is 0 Å². The van der Waals surface area contributed by atoms with E-state index >= 15 is 0 Å². The van der Waals surface area contributed by atoms with Crippen molar-refractivity contribution >= 4 is 16.9 Å². The predicted octanol–water partition coefficient (Wildman–Crippen LogP) is 0.949. The topological polar surface area (TPSA) is 57.0 Å². The second-order valence-corrected chi connectivity index (χ2v) is 2.83. The molecule has 0 aromatic carbocycles. The molecule has 0 saturated carbocycles. The average molecular weight is 231 g/mol. The van der Waals surface area contributed by atoms with Crippen LogP contribution in [-0.4, -0.2) is 27.1 Å². The Bertz CT molecular complexity index is 535. The first kappa shape index (κ1) is 10.4. The summed E-state index contributed by atoms with van der Waals surface area (Å²) in [6, 6.07) is 1.53. The number of aromatic nitrogens is 3. The lowest BCUT2D eigenvalue weighted by molar-refractivity contribution is -0.200. The molecule has 2 aromatic heterocycles. The Morgan fingerprint density at radius 2 is 2.12 bits per heavy atom. The van der Waals surface area contributed by atoms with Gasteiger partial charge in [0.25, 0.3) is 0 Å². The zero-order valence-electron chi connectivity index (χ0n) is 7.60.